The summed E-state index contributed by atoms with van der Waals surface area (Å²) in [6.45, 7) is 1.34. The minimum atomic E-state index is 0.591. The first-order valence-electron chi connectivity index (χ1n) is 5.67. The van der Waals surface area contributed by atoms with Crippen LogP contribution in [0, 0.1) is 0 Å². The molecule has 0 radical (unpaired) electrons. The van der Waals surface area contributed by atoms with E-state index in [-0.39, 0.29) is 0 Å². The number of unbranched alkanes of at least 4 members (excludes halogenated alkanes) is 1. The largest absolute Gasteiger partial charge is 0.496 e. The molecule has 0 bridgehead atoms. The van der Waals surface area contributed by atoms with Crippen molar-refractivity contribution in [3.05, 3.63) is 29.3 Å². The minimum absolute atomic E-state index is 0.591. The predicted octanol–water partition coefficient (Wildman–Crippen LogP) is 2.12. The molecule has 0 unspecified atom stereocenters. The predicted molar refractivity (Wildman–Crippen MR) is 65.7 cm³/mol. The molecule has 0 fully saturated rings. The Morgan fingerprint density at radius 1 is 1.12 bits per heavy atom. The van der Waals surface area contributed by atoms with Gasteiger partial charge in [-0.3, -0.25) is 0 Å². The Hall–Kier alpha value is -1.06. The summed E-state index contributed by atoms with van der Waals surface area (Å²) in [6, 6.07) is 6.19. The Morgan fingerprint density at radius 2 is 1.88 bits per heavy atom. The van der Waals surface area contributed by atoms with Gasteiger partial charge in [-0.2, -0.15) is 0 Å². The van der Waals surface area contributed by atoms with E-state index < -0.39 is 0 Å². The molecule has 16 heavy (non-hydrogen) atoms. The summed E-state index contributed by atoms with van der Waals surface area (Å²) in [5, 5.41) is 0. The Morgan fingerprint density at radius 3 is 2.50 bits per heavy atom. The smallest absolute Gasteiger partial charge is 0.127 e. The third-order valence-corrected chi connectivity index (χ3v) is 2.58. The molecule has 0 saturated carbocycles. The van der Waals surface area contributed by atoms with Crippen LogP contribution in [0.25, 0.3) is 0 Å². The molecule has 0 spiro atoms. The van der Waals surface area contributed by atoms with E-state index in [0.717, 1.165) is 37.1 Å². The van der Waals surface area contributed by atoms with Crippen molar-refractivity contribution in [3.8, 4) is 5.75 Å². The standard InChI is InChI=1S/C13H21NO2/c1-15-10-12-8-5-7-11(13(12)16-2)6-3-4-9-14/h5,7-8H,3-4,6,9-10,14H2,1-2H3. The maximum absolute atomic E-state index is 5.49. The van der Waals surface area contributed by atoms with E-state index in [1.54, 1.807) is 14.2 Å². The van der Waals surface area contributed by atoms with Crippen LogP contribution in [0.15, 0.2) is 18.2 Å². The molecular weight excluding hydrogens is 202 g/mol. The number of hydrogen-bond donors (Lipinski definition) is 1. The van der Waals surface area contributed by atoms with Gasteiger partial charge in [-0.25, -0.2) is 0 Å². The van der Waals surface area contributed by atoms with E-state index >= 15 is 0 Å². The van der Waals surface area contributed by atoms with Gasteiger partial charge in [0.1, 0.15) is 5.75 Å². The number of methoxy groups -OCH3 is 2. The van der Waals surface area contributed by atoms with Crippen molar-refractivity contribution in [1.82, 2.24) is 0 Å². The maximum Gasteiger partial charge on any atom is 0.127 e. The van der Waals surface area contributed by atoms with Gasteiger partial charge in [-0.1, -0.05) is 18.2 Å². The van der Waals surface area contributed by atoms with E-state index in [2.05, 4.69) is 12.1 Å². The topological polar surface area (TPSA) is 44.5 Å². The summed E-state index contributed by atoms with van der Waals surface area (Å²) in [6.07, 6.45) is 3.17. The lowest BCUT2D eigenvalue weighted by Gasteiger charge is -2.12. The van der Waals surface area contributed by atoms with E-state index in [9.17, 15) is 0 Å². The first-order chi connectivity index (χ1) is 7.83. The molecule has 0 aliphatic heterocycles. The average Bonchev–Trinajstić information content (AvgIpc) is 2.30. The zero-order valence-electron chi connectivity index (χ0n) is 10.2. The third kappa shape index (κ3) is 3.51. The molecule has 90 valence electrons. The van der Waals surface area contributed by atoms with Gasteiger partial charge in [0.05, 0.1) is 13.7 Å². The second-order valence-corrected chi connectivity index (χ2v) is 3.79. The summed E-state index contributed by atoms with van der Waals surface area (Å²) in [5.74, 6) is 0.960. The van der Waals surface area contributed by atoms with Crippen LogP contribution < -0.4 is 10.5 Å². The summed E-state index contributed by atoms with van der Waals surface area (Å²) in [7, 11) is 3.40. The van der Waals surface area contributed by atoms with Crippen molar-refractivity contribution < 1.29 is 9.47 Å². The van der Waals surface area contributed by atoms with Crippen LogP contribution in [0.4, 0.5) is 0 Å². The monoisotopic (exact) mass is 223 g/mol. The molecule has 0 heterocycles. The molecule has 3 nitrogen and oxygen atoms in total. The SMILES string of the molecule is COCc1cccc(CCCCN)c1OC. The normalized spacial score (nSPS) is 10.4. The van der Waals surface area contributed by atoms with Gasteiger partial charge in [0.15, 0.2) is 0 Å². The minimum Gasteiger partial charge on any atom is -0.496 e. The molecule has 0 atom stereocenters. The van der Waals surface area contributed by atoms with Crippen LogP contribution in [0.1, 0.15) is 24.0 Å². The number of hydrogen-bond acceptors (Lipinski definition) is 3. The lowest BCUT2D eigenvalue weighted by molar-refractivity contribution is 0.181. The summed E-state index contributed by atoms with van der Waals surface area (Å²) in [5.41, 5.74) is 7.84. The van der Waals surface area contributed by atoms with Crippen LogP contribution in [-0.2, 0) is 17.8 Å². The fourth-order valence-electron chi connectivity index (χ4n) is 1.83. The van der Waals surface area contributed by atoms with E-state index in [0.29, 0.717) is 6.61 Å². The molecule has 1 aromatic rings. The molecule has 3 heteroatoms. The molecule has 0 aliphatic carbocycles. The lowest BCUT2D eigenvalue weighted by Crippen LogP contribution is -2.01. The maximum atomic E-state index is 5.49. The van der Waals surface area contributed by atoms with E-state index in [1.165, 1.54) is 5.56 Å². The fourth-order valence-corrected chi connectivity index (χ4v) is 1.83. The van der Waals surface area contributed by atoms with Crippen LogP contribution in [-0.4, -0.2) is 20.8 Å². The summed E-state index contributed by atoms with van der Waals surface area (Å²) in [4.78, 5) is 0. The summed E-state index contributed by atoms with van der Waals surface area (Å²) >= 11 is 0. The highest BCUT2D eigenvalue weighted by atomic mass is 16.5. The van der Waals surface area contributed by atoms with E-state index in [4.69, 9.17) is 15.2 Å². The highest BCUT2D eigenvalue weighted by molar-refractivity contribution is 5.41. The van der Waals surface area contributed by atoms with Gasteiger partial charge in [0.25, 0.3) is 0 Å². The third-order valence-electron chi connectivity index (χ3n) is 2.58. The van der Waals surface area contributed by atoms with Crippen LogP contribution in [0.5, 0.6) is 5.75 Å². The van der Waals surface area contributed by atoms with Crippen LogP contribution >= 0.6 is 0 Å². The lowest BCUT2D eigenvalue weighted by atomic mass is 10.0. The van der Waals surface area contributed by atoms with Gasteiger partial charge < -0.3 is 15.2 Å². The molecule has 0 amide bonds. The first kappa shape index (κ1) is 13.0. The molecule has 0 saturated heterocycles. The van der Waals surface area contributed by atoms with Gasteiger partial charge >= 0.3 is 0 Å². The van der Waals surface area contributed by atoms with Crippen LogP contribution in [0.2, 0.25) is 0 Å². The number of ether oxygens (including phenoxy) is 2. The zero-order chi connectivity index (χ0) is 11.8. The quantitative estimate of drug-likeness (QED) is 0.720. The number of aryl methyl sites for hydroxylation is 1. The van der Waals surface area contributed by atoms with Gasteiger partial charge in [-0.05, 0) is 31.4 Å². The van der Waals surface area contributed by atoms with Gasteiger partial charge in [0.2, 0.25) is 0 Å². The number of nitrogens with two attached hydrogens (primary N) is 1. The molecule has 0 aliphatic rings. The van der Waals surface area contributed by atoms with Crippen molar-refractivity contribution in [2.45, 2.75) is 25.9 Å². The molecular formula is C13H21NO2. The molecule has 2 N–H and O–H groups in total. The van der Waals surface area contributed by atoms with Crippen molar-refractivity contribution in [1.29, 1.82) is 0 Å². The highest BCUT2D eigenvalue weighted by Crippen LogP contribution is 2.25. The van der Waals surface area contributed by atoms with E-state index in [1.807, 2.05) is 6.07 Å². The Balaban J connectivity index is 2.77. The molecule has 1 rings (SSSR count). The van der Waals surface area contributed by atoms with Crippen molar-refractivity contribution in [2.24, 2.45) is 5.73 Å². The average molecular weight is 223 g/mol. The molecule has 0 aromatic heterocycles. The van der Waals surface area contributed by atoms with Crippen molar-refractivity contribution in [2.75, 3.05) is 20.8 Å². The first-order valence-corrected chi connectivity index (χ1v) is 5.67. The van der Waals surface area contributed by atoms with Crippen molar-refractivity contribution in [3.63, 3.8) is 0 Å². The Kier molecular flexibility index (Phi) is 5.90. The molecule has 1 aromatic carbocycles. The van der Waals surface area contributed by atoms with Gasteiger partial charge in [-0.15, -0.1) is 0 Å². The Bertz CT molecular complexity index is 313. The number of para-hydroxylation sites is 1. The Labute approximate surface area is 97.6 Å². The van der Waals surface area contributed by atoms with Crippen LogP contribution in [0.3, 0.4) is 0 Å². The van der Waals surface area contributed by atoms with Crippen molar-refractivity contribution >= 4 is 0 Å². The second-order valence-electron chi connectivity index (χ2n) is 3.79. The second kappa shape index (κ2) is 7.25. The zero-order valence-corrected chi connectivity index (χ0v) is 10.2. The highest BCUT2D eigenvalue weighted by Gasteiger charge is 2.07. The van der Waals surface area contributed by atoms with Gasteiger partial charge in [0, 0.05) is 12.7 Å². The number of rotatable bonds is 7. The summed E-state index contributed by atoms with van der Waals surface area (Å²) < 4.78 is 10.6. The number of benzene rings is 1. The fraction of sp³-hybridized carbons (Fsp3) is 0.538.